The Hall–Kier alpha value is -1.39. The van der Waals surface area contributed by atoms with Crippen molar-refractivity contribution in [2.75, 3.05) is 20.1 Å². The van der Waals surface area contributed by atoms with Gasteiger partial charge in [-0.3, -0.25) is 4.79 Å². The first-order valence-corrected chi connectivity index (χ1v) is 6.93. The van der Waals surface area contributed by atoms with Crippen LogP contribution in [0.4, 0.5) is 0 Å². The standard InChI is InChI=1S/C15H23N3O/c1-18-9-7-13(8-10-18)17-15(19)14(16)11-12-5-3-2-4-6-12/h2-6,13-14H,7-11,16H2,1H3,(H,17,19)/t14-/m1/s1. The summed E-state index contributed by atoms with van der Waals surface area (Å²) in [6.45, 7) is 2.08. The van der Waals surface area contributed by atoms with Gasteiger partial charge in [-0.2, -0.15) is 0 Å². The summed E-state index contributed by atoms with van der Waals surface area (Å²) in [5, 5.41) is 3.07. The second-order valence-corrected chi connectivity index (χ2v) is 5.38. The van der Waals surface area contributed by atoms with Gasteiger partial charge < -0.3 is 16.0 Å². The summed E-state index contributed by atoms with van der Waals surface area (Å²) >= 11 is 0. The average molecular weight is 261 g/mol. The SMILES string of the molecule is CN1CCC(NC(=O)[C@H](N)Cc2ccccc2)CC1. The van der Waals surface area contributed by atoms with Crippen LogP contribution < -0.4 is 11.1 Å². The van der Waals surface area contributed by atoms with Crippen LogP contribution in [-0.2, 0) is 11.2 Å². The summed E-state index contributed by atoms with van der Waals surface area (Å²) in [7, 11) is 2.11. The van der Waals surface area contributed by atoms with E-state index < -0.39 is 6.04 Å². The Balaban J connectivity index is 1.79. The molecule has 104 valence electrons. The molecule has 4 nitrogen and oxygen atoms in total. The fourth-order valence-electron chi connectivity index (χ4n) is 2.42. The highest BCUT2D eigenvalue weighted by Crippen LogP contribution is 2.09. The minimum Gasteiger partial charge on any atom is -0.352 e. The normalized spacial score (nSPS) is 19.1. The molecule has 3 N–H and O–H groups in total. The van der Waals surface area contributed by atoms with Gasteiger partial charge in [0.05, 0.1) is 6.04 Å². The summed E-state index contributed by atoms with van der Waals surface area (Å²) in [6.07, 6.45) is 2.62. The van der Waals surface area contributed by atoms with Gasteiger partial charge in [-0.05, 0) is 45.0 Å². The van der Waals surface area contributed by atoms with Gasteiger partial charge in [-0.15, -0.1) is 0 Å². The van der Waals surface area contributed by atoms with E-state index in [1.165, 1.54) is 0 Å². The summed E-state index contributed by atoms with van der Waals surface area (Å²) in [6, 6.07) is 9.74. The van der Waals surface area contributed by atoms with Crippen LogP contribution >= 0.6 is 0 Å². The molecule has 0 aromatic heterocycles. The number of nitrogens with one attached hydrogen (secondary N) is 1. The number of nitrogens with two attached hydrogens (primary N) is 1. The maximum atomic E-state index is 12.0. The van der Waals surface area contributed by atoms with E-state index in [1.807, 2.05) is 30.3 Å². The highest BCUT2D eigenvalue weighted by atomic mass is 16.2. The molecule has 1 aliphatic heterocycles. The molecule has 0 radical (unpaired) electrons. The zero-order chi connectivity index (χ0) is 13.7. The molecule has 0 unspecified atom stereocenters. The lowest BCUT2D eigenvalue weighted by Crippen LogP contribution is -2.49. The molecule has 4 heteroatoms. The predicted molar refractivity (Wildman–Crippen MR) is 76.8 cm³/mol. The molecule has 1 fully saturated rings. The number of hydrogen-bond donors (Lipinski definition) is 2. The molecular weight excluding hydrogens is 238 g/mol. The van der Waals surface area contributed by atoms with Crippen molar-refractivity contribution in [2.24, 2.45) is 5.73 Å². The van der Waals surface area contributed by atoms with Crippen LogP contribution in [0.2, 0.25) is 0 Å². The van der Waals surface area contributed by atoms with E-state index in [1.54, 1.807) is 0 Å². The first-order valence-electron chi connectivity index (χ1n) is 6.93. The van der Waals surface area contributed by atoms with Crippen molar-refractivity contribution in [2.45, 2.75) is 31.3 Å². The third-order valence-corrected chi connectivity index (χ3v) is 3.70. The number of carbonyl (C=O) groups is 1. The predicted octanol–water partition coefficient (Wildman–Crippen LogP) is 0.767. The summed E-state index contributed by atoms with van der Waals surface area (Å²) in [5.74, 6) is -0.0293. The van der Waals surface area contributed by atoms with Crippen LogP contribution in [0, 0.1) is 0 Å². The largest absolute Gasteiger partial charge is 0.352 e. The topological polar surface area (TPSA) is 58.4 Å². The number of benzene rings is 1. The zero-order valence-electron chi connectivity index (χ0n) is 11.5. The summed E-state index contributed by atoms with van der Waals surface area (Å²) in [4.78, 5) is 14.3. The van der Waals surface area contributed by atoms with Crippen LogP contribution in [0.5, 0.6) is 0 Å². The lowest BCUT2D eigenvalue weighted by Gasteiger charge is -2.30. The van der Waals surface area contributed by atoms with Crippen molar-refractivity contribution >= 4 is 5.91 Å². The second-order valence-electron chi connectivity index (χ2n) is 5.38. The van der Waals surface area contributed by atoms with Crippen molar-refractivity contribution in [1.82, 2.24) is 10.2 Å². The highest BCUT2D eigenvalue weighted by molar-refractivity contribution is 5.82. The van der Waals surface area contributed by atoms with Gasteiger partial charge in [0.1, 0.15) is 0 Å². The van der Waals surface area contributed by atoms with Gasteiger partial charge in [0.15, 0.2) is 0 Å². The number of piperidine rings is 1. The van der Waals surface area contributed by atoms with Gasteiger partial charge in [0.25, 0.3) is 0 Å². The van der Waals surface area contributed by atoms with E-state index >= 15 is 0 Å². The van der Waals surface area contributed by atoms with E-state index in [0.717, 1.165) is 31.5 Å². The number of likely N-dealkylation sites (tertiary alicyclic amines) is 1. The van der Waals surface area contributed by atoms with Crippen LogP contribution in [0.3, 0.4) is 0 Å². The van der Waals surface area contributed by atoms with E-state index in [2.05, 4.69) is 17.3 Å². The van der Waals surface area contributed by atoms with E-state index in [9.17, 15) is 4.79 Å². The number of rotatable bonds is 4. The van der Waals surface area contributed by atoms with Crippen LogP contribution in [0.15, 0.2) is 30.3 Å². The van der Waals surface area contributed by atoms with Crippen molar-refractivity contribution < 1.29 is 4.79 Å². The smallest absolute Gasteiger partial charge is 0.237 e. The van der Waals surface area contributed by atoms with Gasteiger partial charge >= 0.3 is 0 Å². The van der Waals surface area contributed by atoms with Crippen molar-refractivity contribution in [3.63, 3.8) is 0 Å². The van der Waals surface area contributed by atoms with E-state index in [-0.39, 0.29) is 11.9 Å². The molecule has 0 saturated carbocycles. The number of carbonyl (C=O) groups excluding carboxylic acids is 1. The molecule has 1 atom stereocenters. The Bertz CT molecular complexity index is 399. The van der Waals surface area contributed by atoms with Crippen LogP contribution in [-0.4, -0.2) is 43.0 Å². The fourth-order valence-corrected chi connectivity index (χ4v) is 2.42. The Morgan fingerprint density at radius 1 is 1.37 bits per heavy atom. The molecule has 19 heavy (non-hydrogen) atoms. The van der Waals surface area contributed by atoms with Crippen molar-refractivity contribution in [3.05, 3.63) is 35.9 Å². The number of nitrogens with zero attached hydrogens (tertiary/aromatic N) is 1. The minimum atomic E-state index is -0.456. The maximum absolute atomic E-state index is 12.0. The maximum Gasteiger partial charge on any atom is 0.237 e. The number of hydrogen-bond acceptors (Lipinski definition) is 3. The Morgan fingerprint density at radius 3 is 2.63 bits per heavy atom. The van der Waals surface area contributed by atoms with Crippen molar-refractivity contribution in [1.29, 1.82) is 0 Å². The summed E-state index contributed by atoms with van der Waals surface area (Å²) < 4.78 is 0. The second kappa shape index (κ2) is 6.68. The van der Waals surface area contributed by atoms with Gasteiger partial charge in [0.2, 0.25) is 5.91 Å². The molecule has 1 amide bonds. The third kappa shape index (κ3) is 4.33. The van der Waals surface area contributed by atoms with Gasteiger partial charge in [0, 0.05) is 6.04 Å². The van der Waals surface area contributed by atoms with Crippen LogP contribution in [0.25, 0.3) is 0 Å². The zero-order valence-corrected chi connectivity index (χ0v) is 11.5. The lowest BCUT2D eigenvalue weighted by molar-refractivity contribution is -0.123. The molecular formula is C15H23N3O. The van der Waals surface area contributed by atoms with E-state index in [4.69, 9.17) is 5.73 Å². The first kappa shape index (κ1) is 14.0. The fraction of sp³-hybridized carbons (Fsp3) is 0.533. The first-order chi connectivity index (χ1) is 9.15. The van der Waals surface area contributed by atoms with E-state index in [0.29, 0.717) is 6.42 Å². The average Bonchev–Trinajstić information content (AvgIpc) is 2.42. The quantitative estimate of drug-likeness (QED) is 0.841. The Labute approximate surface area is 115 Å². The van der Waals surface area contributed by atoms with Gasteiger partial charge in [-0.25, -0.2) is 0 Å². The molecule has 1 aliphatic rings. The third-order valence-electron chi connectivity index (χ3n) is 3.70. The molecule has 1 aromatic carbocycles. The molecule has 1 saturated heterocycles. The molecule has 1 aromatic rings. The Morgan fingerprint density at radius 2 is 2.00 bits per heavy atom. The molecule has 2 rings (SSSR count). The lowest BCUT2D eigenvalue weighted by atomic mass is 10.0. The monoisotopic (exact) mass is 261 g/mol. The Kier molecular flexibility index (Phi) is 4.93. The van der Waals surface area contributed by atoms with Crippen molar-refractivity contribution in [3.8, 4) is 0 Å². The molecule has 0 bridgehead atoms. The van der Waals surface area contributed by atoms with Gasteiger partial charge in [-0.1, -0.05) is 30.3 Å². The molecule has 1 heterocycles. The van der Waals surface area contributed by atoms with Crippen LogP contribution in [0.1, 0.15) is 18.4 Å². The molecule has 0 aliphatic carbocycles. The molecule has 0 spiro atoms. The summed E-state index contributed by atoms with van der Waals surface area (Å²) in [5.41, 5.74) is 7.08. The minimum absolute atomic E-state index is 0.0293. The number of amides is 1. The highest BCUT2D eigenvalue weighted by Gasteiger charge is 2.21.